The predicted octanol–water partition coefficient (Wildman–Crippen LogP) is 2.15. The second-order valence-electron chi connectivity index (χ2n) is 7.54. The van der Waals surface area contributed by atoms with Gasteiger partial charge in [-0.25, -0.2) is 4.99 Å². The number of hydrogen-bond acceptors (Lipinski definition) is 4. The minimum absolute atomic E-state index is 0.451. The molecule has 0 bridgehead atoms. The molecule has 2 aromatic rings. The molecular formula is C21H33N7. The Bertz CT molecular complexity index is 788. The zero-order valence-corrected chi connectivity index (χ0v) is 17.6. The fourth-order valence-corrected chi connectivity index (χ4v) is 3.52. The van der Waals surface area contributed by atoms with Crippen molar-refractivity contribution in [2.45, 2.75) is 52.7 Å². The van der Waals surface area contributed by atoms with Crippen LogP contribution in [0.15, 0.2) is 29.3 Å². The van der Waals surface area contributed by atoms with Gasteiger partial charge in [0, 0.05) is 39.3 Å². The Morgan fingerprint density at radius 3 is 2.57 bits per heavy atom. The van der Waals surface area contributed by atoms with Gasteiger partial charge in [-0.3, -0.25) is 4.90 Å². The van der Waals surface area contributed by atoms with Gasteiger partial charge in [0.15, 0.2) is 11.8 Å². The highest BCUT2D eigenvalue weighted by Gasteiger charge is 2.20. The molecule has 2 N–H and O–H groups in total. The van der Waals surface area contributed by atoms with E-state index in [2.05, 4.69) is 63.8 Å². The van der Waals surface area contributed by atoms with Crippen LogP contribution in [0.2, 0.25) is 0 Å². The van der Waals surface area contributed by atoms with Gasteiger partial charge in [-0.05, 0) is 44.7 Å². The fraction of sp³-hybridized carbons (Fsp3) is 0.571. The summed E-state index contributed by atoms with van der Waals surface area (Å²) in [5.41, 5.74) is 2.81. The van der Waals surface area contributed by atoms with Crippen molar-refractivity contribution in [1.29, 1.82) is 0 Å². The van der Waals surface area contributed by atoms with Crippen LogP contribution in [0.1, 0.15) is 42.5 Å². The summed E-state index contributed by atoms with van der Waals surface area (Å²) >= 11 is 0. The maximum absolute atomic E-state index is 4.71. The molecule has 0 radical (unpaired) electrons. The van der Waals surface area contributed by atoms with E-state index in [0.29, 0.717) is 12.6 Å². The molecule has 1 fully saturated rings. The number of nitrogens with one attached hydrogen (secondary N) is 2. The Morgan fingerprint density at radius 2 is 1.93 bits per heavy atom. The van der Waals surface area contributed by atoms with Crippen LogP contribution >= 0.6 is 0 Å². The number of likely N-dealkylation sites (tertiary alicyclic amines) is 1. The van der Waals surface area contributed by atoms with Crippen LogP contribution in [0.5, 0.6) is 0 Å². The van der Waals surface area contributed by atoms with Crippen LogP contribution in [-0.2, 0) is 20.1 Å². The first-order valence-electron chi connectivity index (χ1n) is 10.2. The molecule has 7 heteroatoms. The van der Waals surface area contributed by atoms with Crippen LogP contribution in [0.3, 0.4) is 0 Å². The topological polar surface area (TPSA) is 70.4 Å². The van der Waals surface area contributed by atoms with Crippen LogP contribution in [0, 0.1) is 13.8 Å². The van der Waals surface area contributed by atoms with Crippen molar-refractivity contribution in [3.8, 4) is 0 Å². The van der Waals surface area contributed by atoms with Gasteiger partial charge in [-0.1, -0.05) is 24.3 Å². The Balaban J connectivity index is 1.51. The van der Waals surface area contributed by atoms with Crippen molar-refractivity contribution < 1.29 is 0 Å². The Morgan fingerprint density at radius 1 is 1.18 bits per heavy atom. The highest BCUT2D eigenvalue weighted by molar-refractivity contribution is 5.80. The monoisotopic (exact) mass is 383 g/mol. The van der Waals surface area contributed by atoms with E-state index in [4.69, 9.17) is 4.99 Å². The Labute approximate surface area is 168 Å². The summed E-state index contributed by atoms with van der Waals surface area (Å²) in [4.78, 5) is 7.26. The molecule has 1 aliphatic rings. The van der Waals surface area contributed by atoms with Crippen LogP contribution in [0.25, 0.3) is 0 Å². The molecule has 0 spiro atoms. The summed E-state index contributed by atoms with van der Waals surface area (Å²) in [5.74, 6) is 2.65. The van der Waals surface area contributed by atoms with Crippen molar-refractivity contribution in [3.05, 3.63) is 47.0 Å². The first kappa shape index (κ1) is 20.3. The van der Waals surface area contributed by atoms with E-state index in [0.717, 1.165) is 56.6 Å². The van der Waals surface area contributed by atoms with E-state index in [1.54, 1.807) is 0 Å². The maximum Gasteiger partial charge on any atom is 0.191 e. The molecule has 2 heterocycles. The smallest absolute Gasteiger partial charge is 0.191 e. The molecule has 0 saturated carbocycles. The number of nitrogens with zero attached hydrogens (tertiary/aromatic N) is 5. The molecule has 0 amide bonds. The summed E-state index contributed by atoms with van der Waals surface area (Å²) in [6.07, 6.45) is 2.25. The van der Waals surface area contributed by atoms with Gasteiger partial charge in [0.05, 0.1) is 0 Å². The lowest BCUT2D eigenvalue weighted by Crippen LogP contribution is -2.48. The molecular weight excluding hydrogens is 350 g/mol. The first-order chi connectivity index (χ1) is 13.6. The molecule has 0 unspecified atom stereocenters. The summed E-state index contributed by atoms with van der Waals surface area (Å²) in [6.45, 7) is 10.9. The van der Waals surface area contributed by atoms with E-state index >= 15 is 0 Å². The molecule has 1 aromatic heterocycles. The average Bonchev–Trinajstić information content (AvgIpc) is 3.01. The minimum Gasteiger partial charge on any atom is -0.357 e. The second kappa shape index (κ2) is 9.68. The van der Waals surface area contributed by atoms with Gasteiger partial charge in [-0.15, -0.1) is 10.2 Å². The molecule has 152 valence electrons. The van der Waals surface area contributed by atoms with Crippen LogP contribution in [-0.4, -0.2) is 51.3 Å². The van der Waals surface area contributed by atoms with Crippen LogP contribution in [0.4, 0.5) is 0 Å². The van der Waals surface area contributed by atoms with Crippen molar-refractivity contribution in [2.75, 3.05) is 19.6 Å². The third-order valence-electron chi connectivity index (χ3n) is 5.49. The van der Waals surface area contributed by atoms with Gasteiger partial charge >= 0.3 is 0 Å². The Kier molecular flexibility index (Phi) is 7.03. The van der Waals surface area contributed by atoms with Crippen LogP contribution < -0.4 is 10.6 Å². The maximum atomic E-state index is 4.71. The minimum atomic E-state index is 0.451. The number of guanidine groups is 1. The molecule has 1 aromatic carbocycles. The van der Waals surface area contributed by atoms with Gasteiger partial charge in [0.1, 0.15) is 12.4 Å². The zero-order chi connectivity index (χ0) is 19.9. The van der Waals surface area contributed by atoms with E-state index in [-0.39, 0.29) is 0 Å². The fourth-order valence-electron chi connectivity index (χ4n) is 3.52. The molecule has 3 rings (SSSR count). The van der Waals surface area contributed by atoms with Gasteiger partial charge in [-0.2, -0.15) is 0 Å². The average molecular weight is 384 g/mol. The highest BCUT2D eigenvalue weighted by atomic mass is 15.3. The second-order valence-corrected chi connectivity index (χ2v) is 7.54. The third-order valence-corrected chi connectivity index (χ3v) is 5.49. The van der Waals surface area contributed by atoms with Gasteiger partial charge in [0.2, 0.25) is 0 Å². The van der Waals surface area contributed by atoms with E-state index in [1.165, 1.54) is 11.1 Å². The molecule has 1 aliphatic heterocycles. The summed E-state index contributed by atoms with van der Waals surface area (Å²) in [7, 11) is 1.98. The largest absolute Gasteiger partial charge is 0.357 e. The van der Waals surface area contributed by atoms with E-state index < -0.39 is 0 Å². The normalized spacial score (nSPS) is 16.4. The number of hydrogen-bond donors (Lipinski definition) is 2. The lowest BCUT2D eigenvalue weighted by Gasteiger charge is -2.33. The number of aryl methyl sites for hydroxylation is 2. The standard InChI is InChI=1S/C21H33N7/c1-5-22-21(23-14-20-26-25-17(3)27(20)4)24-19-10-12-28(13-11-19)15-18-9-7-6-8-16(18)2/h6-9,19H,5,10-15H2,1-4H3,(H2,22,23,24). The van der Waals surface area contributed by atoms with Crippen molar-refractivity contribution >= 4 is 5.96 Å². The quantitative estimate of drug-likeness (QED) is 0.591. The van der Waals surface area contributed by atoms with E-state index in [9.17, 15) is 0 Å². The van der Waals surface area contributed by atoms with Gasteiger partial charge in [0.25, 0.3) is 0 Å². The van der Waals surface area contributed by atoms with E-state index in [1.807, 2.05) is 18.5 Å². The molecule has 7 nitrogen and oxygen atoms in total. The van der Waals surface area contributed by atoms with Crippen molar-refractivity contribution in [1.82, 2.24) is 30.3 Å². The number of aliphatic imine (C=N–C) groups is 1. The summed E-state index contributed by atoms with van der Waals surface area (Å²) in [5, 5.41) is 15.3. The zero-order valence-electron chi connectivity index (χ0n) is 17.6. The summed E-state index contributed by atoms with van der Waals surface area (Å²) in [6, 6.07) is 9.13. The first-order valence-corrected chi connectivity index (χ1v) is 10.2. The SMILES string of the molecule is CCNC(=NCc1nnc(C)n1C)NC1CCN(Cc2ccccc2C)CC1. The number of piperidine rings is 1. The lowest BCUT2D eigenvalue weighted by atomic mass is 10.0. The molecule has 1 saturated heterocycles. The lowest BCUT2D eigenvalue weighted by molar-refractivity contribution is 0.198. The van der Waals surface area contributed by atoms with Gasteiger partial charge < -0.3 is 15.2 Å². The van der Waals surface area contributed by atoms with Crippen molar-refractivity contribution in [2.24, 2.45) is 12.0 Å². The summed E-state index contributed by atoms with van der Waals surface area (Å²) < 4.78 is 1.98. The predicted molar refractivity (Wildman–Crippen MR) is 113 cm³/mol. The number of rotatable bonds is 6. The number of aromatic nitrogens is 3. The third kappa shape index (κ3) is 5.32. The highest BCUT2D eigenvalue weighted by Crippen LogP contribution is 2.16. The molecule has 0 atom stereocenters. The molecule has 0 aliphatic carbocycles. The number of benzene rings is 1. The van der Waals surface area contributed by atoms with Crippen molar-refractivity contribution in [3.63, 3.8) is 0 Å². The molecule has 28 heavy (non-hydrogen) atoms. The Hall–Kier alpha value is -2.41.